The van der Waals surface area contributed by atoms with E-state index in [-0.39, 0.29) is 6.10 Å². The van der Waals surface area contributed by atoms with Crippen LogP contribution in [-0.2, 0) is 0 Å². The topological polar surface area (TPSA) is 20.2 Å². The van der Waals surface area contributed by atoms with E-state index in [0.29, 0.717) is 12.3 Å². The van der Waals surface area contributed by atoms with Gasteiger partial charge in [0, 0.05) is 6.42 Å². The highest BCUT2D eigenvalue weighted by Crippen LogP contribution is 2.14. The molecule has 0 spiro atoms. The summed E-state index contributed by atoms with van der Waals surface area (Å²) in [6, 6.07) is 9.60. The number of aliphatic hydroxyl groups is 1. The van der Waals surface area contributed by atoms with Crippen molar-refractivity contribution >= 4 is 0 Å². The van der Waals surface area contributed by atoms with Gasteiger partial charge < -0.3 is 5.11 Å². The fourth-order valence-electron chi connectivity index (χ4n) is 0.953. The number of hydrogen-bond donors (Lipinski definition) is 1. The summed E-state index contributed by atoms with van der Waals surface area (Å²) in [5.74, 6) is 0.607. The van der Waals surface area contributed by atoms with Crippen molar-refractivity contribution in [3.8, 4) is 0 Å². The van der Waals surface area contributed by atoms with Crippen LogP contribution in [0.1, 0.15) is 18.1 Å². The molecule has 1 aromatic carbocycles. The van der Waals surface area contributed by atoms with Crippen molar-refractivity contribution < 1.29 is 16.7 Å². The van der Waals surface area contributed by atoms with E-state index in [1.807, 2.05) is 30.3 Å². The van der Waals surface area contributed by atoms with Crippen LogP contribution in [0.2, 0.25) is 0 Å². The van der Waals surface area contributed by atoms with Gasteiger partial charge in [0.1, 0.15) is 11.6 Å². The van der Waals surface area contributed by atoms with E-state index in [1.54, 1.807) is 0 Å². The molecule has 0 aromatic heterocycles. The minimum atomic E-state index is -0.381. The van der Waals surface area contributed by atoms with Crippen LogP contribution in [0, 0.1) is 11.6 Å². The van der Waals surface area contributed by atoms with Crippen LogP contribution in [0.4, 0.5) is 0 Å². The molecule has 0 radical (unpaired) electrons. The van der Waals surface area contributed by atoms with Gasteiger partial charge in [0.2, 0.25) is 0 Å². The van der Waals surface area contributed by atoms with Crippen LogP contribution in [-0.4, -0.2) is 11.0 Å². The molecule has 0 amide bonds. The first-order chi connectivity index (χ1) is 5.34. The second kappa shape index (κ2) is 4.37. The lowest BCUT2D eigenvalue weighted by Gasteiger charge is -2.05. The van der Waals surface area contributed by atoms with E-state index in [1.165, 1.54) is 0 Å². The molecule has 1 rings (SSSR count). The van der Waals surface area contributed by atoms with Gasteiger partial charge in [0.05, 0.1) is 6.10 Å². The molecule has 0 saturated carbocycles. The molecule has 0 aliphatic heterocycles. The minimum Gasteiger partial charge on any atom is -0.388 e. The molecule has 0 unspecified atom stereocenters. The fraction of sp³-hybridized carbons (Fsp3) is 0.333. The van der Waals surface area contributed by atoms with Crippen LogP contribution < -0.4 is 0 Å². The summed E-state index contributed by atoms with van der Waals surface area (Å²) in [5.41, 5.74) is 0.956. The second-order valence-corrected chi connectivity index (χ2v) is 2.83. The molecule has 1 N–H and O–H groups in total. The summed E-state index contributed by atoms with van der Waals surface area (Å²) in [5, 5.41) is 9.45. The first-order valence-corrected chi connectivity index (χ1v) is 4.23. The Kier molecular flexibility index (Phi) is 3.40. The van der Waals surface area contributed by atoms with Gasteiger partial charge in [-0.15, -0.1) is 0 Å². The van der Waals surface area contributed by atoms with Gasteiger partial charge in [-0.3, -0.25) is 0 Å². The van der Waals surface area contributed by atoms with Crippen LogP contribution in [0.5, 0.6) is 0 Å². The lowest BCUT2D eigenvalue weighted by Crippen LogP contribution is -1.98. The third-order valence-corrected chi connectivity index (χ3v) is 1.81. The van der Waals surface area contributed by atoms with Gasteiger partial charge >= 0.3 is 0 Å². The Morgan fingerprint density at radius 1 is 1.27 bits per heavy atom. The molecular weight excluding hydrogens is 160 g/mol. The van der Waals surface area contributed by atoms with E-state index in [4.69, 9.17) is 11.6 Å². The summed E-state index contributed by atoms with van der Waals surface area (Å²) in [6.45, 7) is 0. The molecule has 0 aliphatic rings. The van der Waals surface area contributed by atoms with E-state index in [2.05, 4.69) is 0 Å². The summed E-state index contributed by atoms with van der Waals surface area (Å²) < 4.78 is 0. The molecule has 2 heteroatoms. The van der Waals surface area contributed by atoms with Crippen LogP contribution >= 0.6 is 0 Å². The third kappa shape index (κ3) is 2.52. The first kappa shape index (κ1) is 8.57. The number of aliphatic hydroxyl groups excluding tert-OH is 1. The van der Waals surface area contributed by atoms with Crippen molar-refractivity contribution in [2.75, 3.05) is 5.88 Å². The standard InChI is InChI=1S/C9H12ClO/c10-7-6-9(11)8-4-2-1-3-5-8/h1-5,9-11H,6-7H2/q+1/t9-/m0/s1. The zero-order valence-electron chi connectivity index (χ0n) is 6.23. The monoisotopic (exact) mass is 171 g/mol. The number of rotatable bonds is 3. The lowest BCUT2D eigenvalue weighted by atomic mass is 10.1. The molecule has 0 aliphatic carbocycles. The maximum absolute atomic E-state index is 9.45. The Labute approximate surface area is 71.6 Å². The Morgan fingerprint density at radius 2 is 1.91 bits per heavy atom. The van der Waals surface area contributed by atoms with Crippen molar-refractivity contribution in [2.45, 2.75) is 12.5 Å². The SMILES string of the molecule is O[C@@H](CC[ClH+])c1ccccc1. The van der Waals surface area contributed by atoms with Crippen molar-refractivity contribution in [1.82, 2.24) is 0 Å². The summed E-state index contributed by atoms with van der Waals surface area (Å²) in [4.78, 5) is 0. The molecule has 1 nitrogen and oxygen atoms in total. The van der Waals surface area contributed by atoms with Gasteiger partial charge in [0.25, 0.3) is 0 Å². The zero-order chi connectivity index (χ0) is 8.10. The zero-order valence-corrected chi connectivity index (χ0v) is 7.05. The molecule has 0 fully saturated rings. The quantitative estimate of drug-likeness (QED) is 0.682. The Hall–Kier alpha value is -0.530. The Balaban J connectivity index is 2.61. The number of alkyl halides is 1. The molecule has 0 heterocycles. The van der Waals surface area contributed by atoms with E-state index < -0.39 is 0 Å². The van der Waals surface area contributed by atoms with E-state index in [9.17, 15) is 5.11 Å². The fourth-order valence-corrected chi connectivity index (χ4v) is 1.18. The summed E-state index contributed by atoms with van der Waals surface area (Å²) >= 11 is 4.77. The van der Waals surface area contributed by atoms with Gasteiger partial charge in [0.15, 0.2) is 5.88 Å². The Morgan fingerprint density at radius 3 is 2.45 bits per heavy atom. The van der Waals surface area contributed by atoms with Crippen molar-refractivity contribution in [3.63, 3.8) is 0 Å². The summed E-state index contributed by atoms with van der Waals surface area (Å²) in [6.07, 6.45) is 0.285. The van der Waals surface area contributed by atoms with Crippen LogP contribution in [0.3, 0.4) is 0 Å². The smallest absolute Gasteiger partial charge is 0.172 e. The molecule has 11 heavy (non-hydrogen) atoms. The lowest BCUT2D eigenvalue weighted by molar-refractivity contribution is -0.371. The normalized spacial score (nSPS) is 12.9. The molecule has 1 atom stereocenters. The molecule has 1 aromatic rings. The van der Waals surface area contributed by atoms with Gasteiger partial charge in [-0.25, -0.2) is 0 Å². The third-order valence-electron chi connectivity index (χ3n) is 1.58. The van der Waals surface area contributed by atoms with Gasteiger partial charge in [-0.05, 0) is 5.56 Å². The summed E-state index contributed by atoms with van der Waals surface area (Å²) in [7, 11) is 0. The van der Waals surface area contributed by atoms with E-state index in [0.717, 1.165) is 5.56 Å². The number of halogens is 1. The molecule has 0 bridgehead atoms. The minimum absolute atomic E-state index is 0.381. The van der Waals surface area contributed by atoms with Crippen molar-refractivity contribution in [1.29, 1.82) is 0 Å². The second-order valence-electron chi connectivity index (χ2n) is 2.42. The van der Waals surface area contributed by atoms with Crippen molar-refractivity contribution in [3.05, 3.63) is 35.9 Å². The van der Waals surface area contributed by atoms with Crippen molar-refractivity contribution in [2.24, 2.45) is 0 Å². The first-order valence-electron chi connectivity index (χ1n) is 3.65. The highest BCUT2D eigenvalue weighted by molar-refractivity contribution is 5.16. The highest BCUT2D eigenvalue weighted by Gasteiger charge is 2.06. The maximum atomic E-state index is 9.45. The Bertz CT molecular complexity index is 198. The average molecular weight is 172 g/mol. The van der Waals surface area contributed by atoms with Crippen LogP contribution in [0.25, 0.3) is 0 Å². The van der Waals surface area contributed by atoms with Gasteiger partial charge in [-0.1, -0.05) is 30.3 Å². The van der Waals surface area contributed by atoms with E-state index >= 15 is 0 Å². The highest BCUT2D eigenvalue weighted by atomic mass is 35.5. The maximum Gasteiger partial charge on any atom is 0.172 e. The number of benzene rings is 1. The van der Waals surface area contributed by atoms with Gasteiger partial charge in [-0.2, -0.15) is 0 Å². The average Bonchev–Trinajstić information content (AvgIpc) is 2.07. The van der Waals surface area contributed by atoms with Crippen LogP contribution in [0.15, 0.2) is 30.3 Å². The number of hydrogen-bond acceptors (Lipinski definition) is 1. The molecular formula is C9H12ClO+. The predicted molar refractivity (Wildman–Crippen MR) is 42.3 cm³/mol. The molecule has 0 saturated heterocycles. The molecule has 60 valence electrons. The largest absolute Gasteiger partial charge is 0.388 e. The predicted octanol–water partition coefficient (Wildman–Crippen LogP) is 1.39.